The molecule has 0 aliphatic carbocycles. The number of carbonyl (C=O) groups excluding carboxylic acids is 1. The van der Waals surface area contributed by atoms with Gasteiger partial charge in [0, 0.05) is 49.7 Å². The first kappa shape index (κ1) is 23.5. The summed E-state index contributed by atoms with van der Waals surface area (Å²) >= 11 is 6.24. The molecule has 0 atom stereocenters. The summed E-state index contributed by atoms with van der Waals surface area (Å²) in [5, 5.41) is 3.61. The van der Waals surface area contributed by atoms with E-state index in [1.54, 1.807) is 12.3 Å². The van der Waals surface area contributed by atoms with Gasteiger partial charge in [-0.2, -0.15) is 0 Å². The molecule has 0 radical (unpaired) electrons. The molecule has 6 heteroatoms. The van der Waals surface area contributed by atoms with Crippen LogP contribution in [0.5, 0.6) is 0 Å². The van der Waals surface area contributed by atoms with E-state index >= 15 is 0 Å². The van der Waals surface area contributed by atoms with E-state index in [4.69, 9.17) is 17.3 Å². The SMILES string of the molecule is CNc1ccccc1N.O=Cc1ccc(C=C2CCN(Cc3cccnc3)CC2)c(Cl)c1. The van der Waals surface area contributed by atoms with Crippen molar-refractivity contribution >= 4 is 35.3 Å². The number of hydrogen-bond donors (Lipinski definition) is 2. The molecule has 1 aliphatic rings. The fraction of sp³-hybridized carbons (Fsp3) is 0.231. The number of halogens is 1. The molecular weight excluding hydrogens is 420 g/mol. The second-order valence-corrected chi connectivity index (χ2v) is 8.08. The van der Waals surface area contributed by atoms with E-state index in [0.29, 0.717) is 10.6 Å². The number of rotatable bonds is 5. The van der Waals surface area contributed by atoms with E-state index in [1.807, 2.05) is 55.7 Å². The summed E-state index contributed by atoms with van der Waals surface area (Å²) in [7, 11) is 1.85. The summed E-state index contributed by atoms with van der Waals surface area (Å²) in [5.74, 6) is 0. The zero-order valence-electron chi connectivity index (χ0n) is 18.3. The number of carbonyl (C=O) groups is 1. The lowest BCUT2D eigenvalue weighted by atomic mass is 10.00. The first-order valence-corrected chi connectivity index (χ1v) is 11.0. The molecule has 4 rings (SSSR count). The van der Waals surface area contributed by atoms with Crippen molar-refractivity contribution in [2.24, 2.45) is 0 Å². The van der Waals surface area contributed by atoms with Gasteiger partial charge in [-0.1, -0.05) is 53.6 Å². The van der Waals surface area contributed by atoms with Gasteiger partial charge in [-0.05, 0) is 48.2 Å². The minimum Gasteiger partial charge on any atom is -0.397 e. The number of nitrogens with two attached hydrogens (primary N) is 1. The summed E-state index contributed by atoms with van der Waals surface area (Å²) in [6, 6.07) is 17.2. The van der Waals surface area contributed by atoms with Crippen LogP contribution in [-0.4, -0.2) is 36.3 Å². The van der Waals surface area contributed by atoms with Crippen LogP contribution in [0.25, 0.3) is 6.08 Å². The second-order valence-electron chi connectivity index (χ2n) is 7.68. The zero-order chi connectivity index (χ0) is 22.8. The molecule has 0 amide bonds. The highest BCUT2D eigenvalue weighted by Crippen LogP contribution is 2.25. The number of aldehydes is 1. The summed E-state index contributed by atoms with van der Waals surface area (Å²) in [6.45, 7) is 3.05. The highest BCUT2D eigenvalue weighted by atomic mass is 35.5. The number of anilines is 2. The first-order chi connectivity index (χ1) is 15.6. The second kappa shape index (κ2) is 12.0. The fourth-order valence-corrected chi connectivity index (χ4v) is 3.81. The Morgan fingerprint density at radius 1 is 1.12 bits per heavy atom. The van der Waals surface area contributed by atoms with Gasteiger partial charge in [-0.3, -0.25) is 14.7 Å². The first-order valence-electron chi connectivity index (χ1n) is 10.7. The number of likely N-dealkylation sites (tertiary alicyclic amines) is 1. The number of pyridine rings is 1. The van der Waals surface area contributed by atoms with Gasteiger partial charge in [0.1, 0.15) is 6.29 Å². The molecule has 3 aromatic rings. The van der Waals surface area contributed by atoms with E-state index in [0.717, 1.165) is 55.7 Å². The molecule has 1 saturated heterocycles. The molecule has 0 bridgehead atoms. The Kier molecular flexibility index (Phi) is 8.84. The van der Waals surface area contributed by atoms with Crippen LogP contribution in [0.4, 0.5) is 11.4 Å². The average Bonchev–Trinajstić information content (AvgIpc) is 2.83. The lowest BCUT2D eigenvalue weighted by molar-refractivity contribution is 0.112. The monoisotopic (exact) mass is 448 g/mol. The van der Waals surface area contributed by atoms with E-state index < -0.39 is 0 Å². The van der Waals surface area contributed by atoms with Gasteiger partial charge in [0.15, 0.2) is 0 Å². The third-order valence-corrected chi connectivity index (χ3v) is 5.70. The maximum Gasteiger partial charge on any atom is 0.150 e. The fourth-order valence-electron chi connectivity index (χ4n) is 3.57. The molecule has 0 spiro atoms. The van der Waals surface area contributed by atoms with Gasteiger partial charge in [0.05, 0.1) is 11.4 Å². The summed E-state index contributed by atoms with van der Waals surface area (Å²) < 4.78 is 0. The smallest absolute Gasteiger partial charge is 0.150 e. The molecule has 32 heavy (non-hydrogen) atoms. The van der Waals surface area contributed by atoms with Gasteiger partial charge in [-0.15, -0.1) is 0 Å². The minimum absolute atomic E-state index is 0.614. The number of piperidine rings is 1. The van der Waals surface area contributed by atoms with Crippen LogP contribution >= 0.6 is 11.6 Å². The zero-order valence-corrected chi connectivity index (χ0v) is 19.1. The van der Waals surface area contributed by atoms with Crippen LogP contribution in [0.2, 0.25) is 5.02 Å². The van der Waals surface area contributed by atoms with Crippen molar-refractivity contribution in [3.63, 3.8) is 0 Å². The Hall–Kier alpha value is -3.15. The van der Waals surface area contributed by atoms with Gasteiger partial charge >= 0.3 is 0 Å². The van der Waals surface area contributed by atoms with E-state index in [2.05, 4.69) is 27.3 Å². The van der Waals surface area contributed by atoms with Crippen LogP contribution in [0.15, 0.2) is 72.6 Å². The molecule has 2 heterocycles. The third-order valence-electron chi connectivity index (χ3n) is 5.38. The van der Waals surface area contributed by atoms with Crippen molar-refractivity contribution in [1.82, 2.24) is 9.88 Å². The van der Waals surface area contributed by atoms with Gasteiger partial charge in [0.25, 0.3) is 0 Å². The molecule has 0 saturated carbocycles. The number of nitrogen functional groups attached to an aromatic ring is 1. The lowest BCUT2D eigenvalue weighted by Gasteiger charge is -2.28. The number of benzene rings is 2. The Bertz CT molecular complexity index is 1040. The van der Waals surface area contributed by atoms with E-state index in [-0.39, 0.29) is 0 Å². The highest BCUT2D eigenvalue weighted by molar-refractivity contribution is 6.32. The molecule has 3 N–H and O–H groups in total. The highest BCUT2D eigenvalue weighted by Gasteiger charge is 2.14. The molecular formula is C26H29ClN4O. The van der Waals surface area contributed by atoms with Gasteiger partial charge in [-0.25, -0.2) is 0 Å². The van der Waals surface area contributed by atoms with Crippen molar-refractivity contribution in [3.05, 3.63) is 94.3 Å². The van der Waals surface area contributed by atoms with Crippen LogP contribution in [0, 0.1) is 0 Å². The standard InChI is InChI=1S/C19H19ClN2O.C7H10N2/c20-19-11-16(14-23)3-4-18(19)10-15-5-8-22(9-6-15)13-17-2-1-7-21-12-17;1-9-7-5-3-2-4-6(7)8/h1-4,7,10-12,14H,5-6,8-9,13H2;2-5,9H,8H2,1H3. The van der Waals surface area contributed by atoms with Crippen molar-refractivity contribution in [1.29, 1.82) is 0 Å². The Labute approximate surface area is 194 Å². The van der Waals surface area contributed by atoms with Crippen LogP contribution in [-0.2, 0) is 6.54 Å². The van der Waals surface area contributed by atoms with E-state index in [9.17, 15) is 4.79 Å². The van der Waals surface area contributed by atoms with Crippen molar-refractivity contribution in [2.75, 3.05) is 31.2 Å². The molecule has 166 valence electrons. The molecule has 5 nitrogen and oxygen atoms in total. The quantitative estimate of drug-likeness (QED) is 0.396. The largest absolute Gasteiger partial charge is 0.397 e. The Balaban J connectivity index is 0.000000269. The molecule has 1 fully saturated rings. The molecule has 1 aliphatic heterocycles. The lowest BCUT2D eigenvalue weighted by Crippen LogP contribution is -2.30. The van der Waals surface area contributed by atoms with E-state index in [1.165, 1.54) is 11.1 Å². The number of nitrogens with one attached hydrogen (secondary N) is 1. The normalized spacial score (nSPS) is 13.6. The molecule has 1 aromatic heterocycles. The van der Waals surface area contributed by atoms with Crippen LogP contribution < -0.4 is 11.1 Å². The predicted octanol–water partition coefficient (Wildman–Crippen LogP) is 5.54. The molecule has 2 aromatic carbocycles. The maximum absolute atomic E-state index is 10.8. The Morgan fingerprint density at radius 2 is 1.91 bits per heavy atom. The van der Waals surface area contributed by atoms with Crippen molar-refractivity contribution in [3.8, 4) is 0 Å². The number of nitrogens with zero attached hydrogens (tertiary/aromatic N) is 2. The maximum atomic E-state index is 10.8. The van der Waals surface area contributed by atoms with Crippen molar-refractivity contribution in [2.45, 2.75) is 19.4 Å². The number of hydrogen-bond acceptors (Lipinski definition) is 5. The number of para-hydroxylation sites is 2. The third kappa shape index (κ3) is 6.94. The Morgan fingerprint density at radius 3 is 2.50 bits per heavy atom. The minimum atomic E-state index is 0.614. The van der Waals surface area contributed by atoms with Crippen molar-refractivity contribution < 1.29 is 4.79 Å². The van der Waals surface area contributed by atoms with Gasteiger partial charge in [0.2, 0.25) is 0 Å². The summed E-state index contributed by atoms with van der Waals surface area (Å²) in [6.07, 6.45) is 8.82. The van der Waals surface area contributed by atoms with Crippen LogP contribution in [0.1, 0.15) is 34.3 Å². The average molecular weight is 449 g/mol. The topological polar surface area (TPSA) is 71.2 Å². The summed E-state index contributed by atoms with van der Waals surface area (Å²) in [5.41, 5.74) is 11.6. The predicted molar refractivity (Wildman–Crippen MR) is 134 cm³/mol. The number of aromatic nitrogens is 1. The summed E-state index contributed by atoms with van der Waals surface area (Å²) in [4.78, 5) is 17.4. The van der Waals surface area contributed by atoms with Crippen LogP contribution in [0.3, 0.4) is 0 Å². The van der Waals surface area contributed by atoms with Gasteiger partial charge < -0.3 is 11.1 Å². The molecule has 0 unspecified atom stereocenters.